The Morgan fingerprint density at radius 3 is 2.63 bits per heavy atom. The summed E-state index contributed by atoms with van der Waals surface area (Å²) < 4.78 is 5.36. The minimum Gasteiger partial charge on any atom is -0.383 e. The van der Waals surface area contributed by atoms with Gasteiger partial charge in [-0.05, 0) is 37.2 Å². The first kappa shape index (κ1) is 16.1. The van der Waals surface area contributed by atoms with Gasteiger partial charge in [-0.3, -0.25) is 9.88 Å². The van der Waals surface area contributed by atoms with Gasteiger partial charge in [0, 0.05) is 38.6 Å². The van der Waals surface area contributed by atoms with Gasteiger partial charge in [0.15, 0.2) is 0 Å². The lowest BCUT2D eigenvalue weighted by molar-refractivity contribution is 0.0879. The molecule has 4 heteroatoms. The second-order valence-electron chi connectivity index (χ2n) is 4.73. The van der Waals surface area contributed by atoms with Crippen LogP contribution in [-0.4, -0.2) is 49.3 Å². The molecule has 1 rings (SSSR count). The van der Waals surface area contributed by atoms with E-state index in [1.54, 1.807) is 7.11 Å². The molecule has 19 heavy (non-hydrogen) atoms. The van der Waals surface area contributed by atoms with E-state index in [2.05, 4.69) is 41.2 Å². The molecule has 1 aromatic rings. The van der Waals surface area contributed by atoms with E-state index in [1.165, 1.54) is 5.56 Å². The van der Waals surface area contributed by atoms with E-state index < -0.39 is 0 Å². The average molecular weight is 265 g/mol. The summed E-state index contributed by atoms with van der Waals surface area (Å²) in [6, 6.07) is 4.56. The number of likely N-dealkylation sites (N-methyl/N-ethyl adjacent to an activating group) is 1. The normalized spacial score (nSPS) is 12.8. The molecule has 0 aliphatic rings. The molecular formula is C15H27N3O. The fraction of sp³-hybridized carbons (Fsp3) is 0.667. The minimum absolute atomic E-state index is 0.412. The van der Waals surface area contributed by atoms with Gasteiger partial charge in [-0.2, -0.15) is 0 Å². The third-order valence-corrected chi connectivity index (χ3v) is 3.22. The number of rotatable bonds is 10. The van der Waals surface area contributed by atoms with Crippen molar-refractivity contribution in [1.82, 2.24) is 15.2 Å². The molecular weight excluding hydrogens is 238 g/mol. The highest BCUT2D eigenvalue weighted by molar-refractivity contribution is 5.09. The Morgan fingerprint density at radius 2 is 2.05 bits per heavy atom. The lowest BCUT2D eigenvalue weighted by atomic mass is 10.2. The maximum Gasteiger partial charge on any atom is 0.0630 e. The molecule has 1 heterocycles. The summed E-state index contributed by atoms with van der Waals surface area (Å²) in [6.45, 7) is 9.14. The van der Waals surface area contributed by atoms with Crippen molar-refractivity contribution >= 4 is 0 Å². The monoisotopic (exact) mass is 265 g/mol. The molecule has 108 valence electrons. The van der Waals surface area contributed by atoms with Gasteiger partial charge in [0.1, 0.15) is 0 Å². The average Bonchev–Trinajstić information content (AvgIpc) is 2.45. The maximum atomic E-state index is 5.36. The van der Waals surface area contributed by atoms with Crippen LogP contribution >= 0.6 is 0 Å². The summed E-state index contributed by atoms with van der Waals surface area (Å²) in [7, 11) is 1.77. The molecule has 1 atom stereocenters. The van der Waals surface area contributed by atoms with Crippen LogP contribution in [0.1, 0.15) is 25.8 Å². The minimum atomic E-state index is 0.412. The molecule has 0 spiro atoms. The molecule has 1 N–H and O–H groups in total. The Labute approximate surface area is 117 Å². The summed E-state index contributed by atoms with van der Waals surface area (Å²) >= 11 is 0. The van der Waals surface area contributed by atoms with Gasteiger partial charge in [-0.15, -0.1) is 0 Å². The Bertz CT molecular complexity index is 318. The predicted molar refractivity (Wildman–Crippen MR) is 79.1 cm³/mol. The van der Waals surface area contributed by atoms with Crippen molar-refractivity contribution in [3.63, 3.8) is 0 Å². The largest absolute Gasteiger partial charge is 0.383 e. The predicted octanol–water partition coefficient (Wildman–Crippen LogP) is 1.92. The second kappa shape index (κ2) is 9.89. The number of nitrogens with zero attached hydrogens (tertiary/aromatic N) is 2. The van der Waals surface area contributed by atoms with Gasteiger partial charge in [-0.1, -0.05) is 13.8 Å². The van der Waals surface area contributed by atoms with Crippen molar-refractivity contribution in [2.45, 2.75) is 32.9 Å². The van der Waals surface area contributed by atoms with Crippen LogP contribution < -0.4 is 5.32 Å². The van der Waals surface area contributed by atoms with E-state index in [4.69, 9.17) is 4.74 Å². The van der Waals surface area contributed by atoms with Gasteiger partial charge in [-0.25, -0.2) is 0 Å². The van der Waals surface area contributed by atoms with Crippen LogP contribution in [0.15, 0.2) is 24.5 Å². The molecule has 4 nitrogen and oxygen atoms in total. The smallest absolute Gasteiger partial charge is 0.0630 e. The topological polar surface area (TPSA) is 37.4 Å². The van der Waals surface area contributed by atoms with Crippen molar-refractivity contribution in [3.05, 3.63) is 30.1 Å². The number of nitrogens with one attached hydrogen (secondary N) is 1. The van der Waals surface area contributed by atoms with Crippen LogP contribution in [-0.2, 0) is 11.3 Å². The fourth-order valence-corrected chi connectivity index (χ4v) is 2.15. The number of ether oxygens (including phenoxy) is 1. The first-order valence-electron chi connectivity index (χ1n) is 7.14. The van der Waals surface area contributed by atoms with E-state index in [9.17, 15) is 0 Å². The first-order chi connectivity index (χ1) is 9.31. The molecule has 0 aromatic carbocycles. The molecule has 0 aliphatic carbocycles. The van der Waals surface area contributed by atoms with Crippen LogP contribution in [0.2, 0.25) is 0 Å². The highest BCUT2D eigenvalue weighted by Crippen LogP contribution is 2.07. The van der Waals surface area contributed by atoms with Crippen LogP contribution in [0, 0.1) is 0 Å². The SMILES string of the molecule is CCCNCC(COC)N(CC)Cc1ccncc1. The summed E-state index contributed by atoms with van der Waals surface area (Å²) in [5.41, 5.74) is 1.30. The van der Waals surface area contributed by atoms with Crippen LogP contribution in [0.25, 0.3) is 0 Å². The van der Waals surface area contributed by atoms with E-state index >= 15 is 0 Å². The highest BCUT2D eigenvalue weighted by atomic mass is 16.5. The summed E-state index contributed by atoms with van der Waals surface area (Å²) in [4.78, 5) is 6.51. The quantitative estimate of drug-likeness (QED) is 0.656. The zero-order valence-electron chi connectivity index (χ0n) is 12.4. The Morgan fingerprint density at radius 1 is 1.32 bits per heavy atom. The molecule has 1 aromatic heterocycles. The Balaban J connectivity index is 2.56. The molecule has 0 aliphatic heterocycles. The number of methoxy groups -OCH3 is 1. The van der Waals surface area contributed by atoms with E-state index in [0.717, 1.165) is 39.2 Å². The molecule has 0 amide bonds. The number of pyridine rings is 1. The van der Waals surface area contributed by atoms with E-state index in [0.29, 0.717) is 6.04 Å². The van der Waals surface area contributed by atoms with Crippen molar-refractivity contribution in [3.8, 4) is 0 Å². The van der Waals surface area contributed by atoms with Gasteiger partial charge in [0.25, 0.3) is 0 Å². The third-order valence-electron chi connectivity index (χ3n) is 3.22. The molecule has 1 unspecified atom stereocenters. The molecule has 0 fully saturated rings. The second-order valence-corrected chi connectivity index (χ2v) is 4.73. The van der Waals surface area contributed by atoms with Crippen molar-refractivity contribution in [2.24, 2.45) is 0 Å². The van der Waals surface area contributed by atoms with Gasteiger partial charge >= 0.3 is 0 Å². The van der Waals surface area contributed by atoms with Crippen LogP contribution in [0.4, 0.5) is 0 Å². The highest BCUT2D eigenvalue weighted by Gasteiger charge is 2.16. The van der Waals surface area contributed by atoms with Crippen molar-refractivity contribution in [2.75, 3.05) is 33.4 Å². The summed E-state index contributed by atoms with van der Waals surface area (Å²) in [5.74, 6) is 0. The lowest BCUT2D eigenvalue weighted by Crippen LogP contribution is -2.44. The molecule has 0 saturated carbocycles. The lowest BCUT2D eigenvalue weighted by Gasteiger charge is -2.30. The summed E-state index contributed by atoms with van der Waals surface area (Å²) in [6.07, 6.45) is 4.86. The standard InChI is InChI=1S/C15H27N3O/c1-4-8-17-11-15(13-19-3)18(5-2)12-14-6-9-16-10-7-14/h6-7,9-10,15,17H,4-5,8,11-13H2,1-3H3. The van der Waals surface area contributed by atoms with Crippen LogP contribution in [0.3, 0.4) is 0 Å². The number of aromatic nitrogens is 1. The van der Waals surface area contributed by atoms with Gasteiger partial charge in [0.2, 0.25) is 0 Å². The molecule has 0 radical (unpaired) electrons. The van der Waals surface area contributed by atoms with Gasteiger partial charge in [0.05, 0.1) is 6.61 Å². The van der Waals surface area contributed by atoms with Crippen LogP contribution in [0.5, 0.6) is 0 Å². The zero-order chi connectivity index (χ0) is 13.9. The number of hydrogen-bond acceptors (Lipinski definition) is 4. The van der Waals surface area contributed by atoms with Crippen molar-refractivity contribution < 1.29 is 4.74 Å². The molecule has 0 saturated heterocycles. The van der Waals surface area contributed by atoms with E-state index in [1.807, 2.05) is 12.4 Å². The Kier molecular flexibility index (Phi) is 8.38. The zero-order valence-corrected chi connectivity index (χ0v) is 12.4. The molecule has 0 bridgehead atoms. The number of hydrogen-bond donors (Lipinski definition) is 1. The maximum absolute atomic E-state index is 5.36. The Hall–Kier alpha value is -0.970. The van der Waals surface area contributed by atoms with Crippen molar-refractivity contribution in [1.29, 1.82) is 0 Å². The van der Waals surface area contributed by atoms with Gasteiger partial charge < -0.3 is 10.1 Å². The third kappa shape index (κ3) is 6.14. The first-order valence-corrected chi connectivity index (χ1v) is 7.14. The van der Waals surface area contributed by atoms with E-state index in [-0.39, 0.29) is 0 Å². The fourth-order valence-electron chi connectivity index (χ4n) is 2.15. The summed E-state index contributed by atoms with van der Waals surface area (Å²) in [5, 5.41) is 3.49.